The molecule has 26 heavy (non-hydrogen) atoms. The van der Waals surface area contributed by atoms with Crippen LogP contribution in [-0.4, -0.2) is 46.9 Å². The first-order valence-electron chi connectivity index (χ1n) is 7.76. The van der Waals surface area contributed by atoms with Gasteiger partial charge < -0.3 is 25.6 Å². The fourth-order valence-corrected chi connectivity index (χ4v) is 2.26. The smallest absolute Gasteiger partial charge is 0.407 e. The molecular weight excluding hydrogens is 408 g/mol. The van der Waals surface area contributed by atoms with Gasteiger partial charge in [0.2, 0.25) is 5.91 Å². The van der Waals surface area contributed by atoms with Crippen LogP contribution in [0.3, 0.4) is 0 Å². The SMILES string of the molecule is C=C(Br)C[C@@H](NC(=O)C[C@@H](O)CNC(=O)OCc1ccccc1)C(=O)O. The maximum absolute atomic E-state index is 11.8. The van der Waals surface area contributed by atoms with Crippen molar-refractivity contribution in [1.82, 2.24) is 10.6 Å². The largest absolute Gasteiger partial charge is 0.480 e. The van der Waals surface area contributed by atoms with E-state index in [9.17, 15) is 19.5 Å². The van der Waals surface area contributed by atoms with Crippen molar-refractivity contribution in [3.63, 3.8) is 0 Å². The van der Waals surface area contributed by atoms with E-state index in [2.05, 4.69) is 33.1 Å². The Morgan fingerprint density at radius 2 is 1.85 bits per heavy atom. The van der Waals surface area contributed by atoms with E-state index >= 15 is 0 Å². The summed E-state index contributed by atoms with van der Waals surface area (Å²) in [6.07, 6.45) is -2.26. The van der Waals surface area contributed by atoms with E-state index < -0.39 is 30.1 Å². The van der Waals surface area contributed by atoms with Crippen LogP contribution in [0.2, 0.25) is 0 Å². The van der Waals surface area contributed by atoms with Crippen LogP contribution in [0.15, 0.2) is 41.4 Å². The van der Waals surface area contributed by atoms with Crippen molar-refractivity contribution in [2.45, 2.75) is 31.6 Å². The highest BCUT2D eigenvalue weighted by Gasteiger charge is 2.22. The van der Waals surface area contributed by atoms with E-state index in [-0.39, 0.29) is 26.0 Å². The Morgan fingerprint density at radius 1 is 1.19 bits per heavy atom. The molecule has 0 saturated heterocycles. The highest BCUT2D eigenvalue weighted by atomic mass is 79.9. The quantitative estimate of drug-likeness (QED) is 0.447. The minimum atomic E-state index is -1.21. The average Bonchev–Trinajstić information content (AvgIpc) is 2.58. The highest BCUT2D eigenvalue weighted by Crippen LogP contribution is 2.10. The molecule has 1 rings (SSSR count). The molecule has 0 aliphatic carbocycles. The number of halogens is 1. The second-order valence-electron chi connectivity index (χ2n) is 5.48. The Balaban J connectivity index is 2.30. The fraction of sp³-hybridized carbons (Fsp3) is 0.353. The van der Waals surface area contributed by atoms with Gasteiger partial charge in [0.1, 0.15) is 12.6 Å². The standard InChI is InChI=1S/C17H21BrN2O6/c1-11(18)7-14(16(23)24)20-15(22)8-13(21)9-19-17(25)26-10-12-5-3-2-4-6-12/h2-6,13-14,21H,1,7-10H2,(H,19,25)(H,20,22)(H,23,24)/t13-,14-/m1/s1. The molecule has 0 fully saturated rings. The van der Waals surface area contributed by atoms with Gasteiger partial charge in [0.15, 0.2) is 0 Å². The molecule has 1 aromatic carbocycles. The van der Waals surface area contributed by atoms with Crippen LogP contribution < -0.4 is 10.6 Å². The molecule has 0 bridgehead atoms. The number of rotatable bonds is 10. The number of carboxylic acids is 1. The van der Waals surface area contributed by atoms with Crippen LogP contribution in [0.1, 0.15) is 18.4 Å². The first kappa shape index (κ1) is 21.7. The van der Waals surface area contributed by atoms with E-state index in [0.29, 0.717) is 4.48 Å². The number of carboxylic acid groups (broad SMARTS) is 1. The summed E-state index contributed by atoms with van der Waals surface area (Å²) >= 11 is 3.04. The van der Waals surface area contributed by atoms with Gasteiger partial charge in [-0.25, -0.2) is 9.59 Å². The Morgan fingerprint density at radius 3 is 2.42 bits per heavy atom. The van der Waals surface area contributed by atoms with E-state index in [1.165, 1.54) is 0 Å². The van der Waals surface area contributed by atoms with E-state index in [1.54, 1.807) is 12.1 Å². The lowest BCUT2D eigenvalue weighted by Gasteiger charge is -2.16. The average molecular weight is 429 g/mol. The molecule has 142 valence electrons. The van der Waals surface area contributed by atoms with Gasteiger partial charge in [0, 0.05) is 13.0 Å². The molecule has 2 atom stereocenters. The molecule has 0 unspecified atom stereocenters. The van der Waals surface area contributed by atoms with Gasteiger partial charge in [-0.15, -0.1) is 0 Å². The molecule has 0 aromatic heterocycles. The monoisotopic (exact) mass is 428 g/mol. The zero-order valence-corrected chi connectivity index (χ0v) is 15.6. The minimum Gasteiger partial charge on any atom is -0.480 e. The number of aliphatic hydroxyl groups is 1. The van der Waals surface area contributed by atoms with Crippen LogP contribution in [0, 0.1) is 0 Å². The van der Waals surface area contributed by atoms with Gasteiger partial charge in [-0.2, -0.15) is 0 Å². The molecule has 9 heteroatoms. The summed E-state index contributed by atoms with van der Waals surface area (Å²) in [6, 6.07) is 7.92. The summed E-state index contributed by atoms with van der Waals surface area (Å²) in [7, 11) is 0. The first-order valence-corrected chi connectivity index (χ1v) is 8.55. The van der Waals surface area contributed by atoms with Gasteiger partial charge in [0.05, 0.1) is 12.5 Å². The number of aliphatic carboxylic acids is 1. The number of benzene rings is 1. The highest BCUT2D eigenvalue weighted by molar-refractivity contribution is 9.11. The Kier molecular flexibility index (Phi) is 9.38. The molecule has 0 aliphatic heterocycles. The molecule has 2 amide bonds. The number of carbonyl (C=O) groups is 3. The van der Waals surface area contributed by atoms with Crippen LogP contribution >= 0.6 is 15.9 Å². The van der Waals surface area contributed by atoms with Gasteiger partial charge in [-0.1, -0.05) is 52.8 Å². The lowest BCUT2D eigenvalue weighted by Crippen LogP contribution is -2.43. The summed E-state index contributed by atoms with van der Waals surface area (Å²) in [5.41, 5.74) is 0.815. The summed E-state index contributed by atoms with van der Waals surface area (Å²) in [5, 5.41) is 23.4. The van der Waals surface area contributed by atoms with Crippen molar-refractivity contribution >= 4 is 33.9 Å². The predicted octanol–water partition coefficient (Wildman–Crippen LogP) is 1.53. The summed E-state index contributed by atoms with van der Waals surface area (Å²) in [6.45, 7) is 3.40. The normalized spacial score (nSPS) is 12.5. The van der Waals surface area contributed by atoms with Crippen LogP contribution in [0.25, 0.3) is 0 Å². The lowest BCUT2D eigenvalue weighted by atomic mass is 10.2. The van der Waals surface area contributed by atoms with Crippen molar-refractivity contribution < 1.29 is 29.3 Å². The number of hydrogen-bond acceptors (Lipinski definition) is 5. The van der Waals surface area contributed by atoms with Crippen LogP contribution in [0.5, 0.6) is 0 Å². The zero-order chi connectivity index (χ0) is 19.5. The van der Waals surface area contributed by atoms with Crippen molar-refractivity contribution in [2.75, 3.05) is 6.54 Å². The van der Waals surface area contributed by atoms with Gasteiger partial charge >= 0.3 is 12.1 Å². The maximum Gasteiger partial charge on any atom is 0.407 e. The summed E-state index contributed by atoms with van der Waals surface area (Å²) in [5.74, 6) is -1.87. The first-order chi connectivity index (χ1) is 12.3. The number of aliphatic hydroxyl groups excluding tert-OH is 1. The van der Waals surface area contributed by atoms with Gasteiger partial charge in [0.25, 0.3) is 0 Å². The molecule has 0 aliphatic rings. The van der Waals surface area contributed by atoms with Gasteiger partial charge in [-0.3, -0.25) is 4.79 Å². The molecule has 8 nitrogen and oxygen atoms in total. The number of hydrogen-bond donors (Lipinski definition) is 4. The third kappa shape index (κ3) is 9.19. The summed E-state index contributed by atoms with van der Waals surface area (Å²) in [4.78, 5) is 34.4. The second kappa shape index (κ2) is 11.3. The Bertz CT molecular complexity index is 637. The van der Waals surface area contributed by atoms with E-state index in [1.807, 2.05) is 18.2 Å². The number of alkyl carbamates (subject to hydrolysis) is 1. The van der Waals surface area contributed by atoms with Crippen molar-refractivity contribution in [3.8, 4) is 0 Å². The predicted molar refractivity (Wildman–Crippen MR) is 97.5 cm³/mol. The lowest BCUT2D eigenvalue weighted by molar-refractivity contribution is -0.142. The van der Waals surface area contributed by atoms with E-state index in [0.717, 1.165) is 5.56 Å². The van der Waals surface area contributed by atoms with Crippen molar-refractivity contribution in [3.05, 3.63) is 47.0 Å². The molecule has 4 N–H and O–H groups in total. The number of amides is 2. The molecule has 0 radical (unpaired) electrons. The summed E-state index contributed by atoms with van der Waals surface area (Å²) < 4.78 is 5.39. The van der Waals surface area contributed by atoms with Crippen LogP contribution in [0.4, 0.5) is 4.79 Å². The Labute approximate surface area is 159 Å². The number of carbonyl (C=O) groups excluding carboxylic acids is 2. The maximum atomic E-state index is 11.8. The van der Waals surface area contributed by atoms with Gasteiger partial charge in [-0.05, 0) is 10.0 Å². The third-order valence-electron chi connectivity index (χ3n) is 3.17. The minimum absolute atomic E-state index is 0.0151. The zero-order valence-electron chi connectivity index (χ0n) is 14.0. The molecule has 0 heterocycles. The molecule has 0 spiro atoms. The molecular formula is C17H21BrN2O6. The number of ether oxygens (including phenoxy) is 1. The Hall–Kier alpha value is -2.39. The topological polar surface area (TPSA) is 125 Å². The number of nitrogens with one attached hydrogen (secondary N) is 2. The molecule has 1 aromatic rings. The third-order valence-corrected chi connectivity index (χ3v) is 3.50. The van der Waals surface area contributed by atoms with Crippen molar-refractivity contribution in [1.29, 1.82) is 0 Å². The fourth-order valence-electron chi connectivity index (χ4n) is 1.94. The molecule has 0 saturated carbocycles. The van der Waals surface area contributed by atoms with Crippen molar-refractivity contribution in [2.24, 2.45) is 0 Å². The second-order valence-corrected chi connectivity index (χ2v) is 6.60. The van der Waals surface area contributed by atoms with E-state index in [4.69, 9.17) is 9.84 Å². The van der Waals surface area contributed by atoms with Crippen LogP contribution in [-0.2, 0) is 20.9 Å².